The summed E-state index contributed by atoms with van der Waals surface area (Å²) >= 11 is 0. The topological polar surface area (TPSA) is 124 Å². The minimum absolute atomic E-state index is 0.0329. The number of carbonyl (C=O) groups is 1. The number of aliphatic imine (C=N–C) groups is 1. The van der Waals surface area contributed by atoms with E-state index in [1.807, 2.05) is 19.2 Å². The molecule has 1 amide bonds. The first-order valence-corrected chi connectivity index (χ1v) is 12.7. The second kappa shape index (κ2) is 11.3. The molecule has 2 fully saturated rings. The van der Waals surface area contributed by atoms with Gasteiger partial charge in [0.2, 0.25) is 11.8 Å². The van der Waals surface area contributed by atoms with Gasteiger partial charge in [0.05, 0.1) is 24.9 Å². The summed E-state index contributed by atoms with van der Waals surface area (Å²) in [6.45, 7) is 5.55. The van der Waals surface area contributed by atoms with Crippen molar-refractivity contribution in [3.63, 3.8) is 0 Å². The predicted molar refractivity (Wildman–Crippen MR) is 133 cm³/mol. The van der Waals surface area contributed by atoms with Gasteiger partial charge in [0.25, 0.3) is 5.91 Å². The van der Waals surface area contributed by atoms with Crippen LogP contribution in [0.1, 0.15) is 54.5 Å². The van der Waals surface area contributed by atoms with Crippen LogP contribution in [-0.4, -0.2) is 83.7 Å². The zero-order valence-corrected chi connectivity index (χ0v) is 20.9. The normalized spacial score (nSPS) is 20.7. The maximum absolute atomic E-state index is 12.9. The first kappa shape index (κ1) is 24.5. The van der Waals surface area contributed by atoms with E-state index >= 15 is 0 Å². The van der Waals surface area contributed by atoms with Crippen LogP contribution in [0.3, 0.4) is 0 Å². The fourth-order valence-corrected chi connectivity index (χ4v) is 4.93. The van der Waals surface area contributed by atoms with E-state index in [9.17, 15) is 4.79 Å². The number of anilines is 1. The molecular weight excluding hydrogens is 462 g/mol. The molecule has 5 heterocycles. The predicted octanol–water partition coefficient (Wildman–Crippen LogP) is 1.81. The number of aromatic nitrogens is 4. The number of amides is 1. The van der Waals surface area contributed by atoms with Crippen molar-refractivity contribution in [3.05, 3.63) is 35.4 Å². The van der Waals surface area contributed by atoms with Crippen molar-refractivity contribution < 1.29 is 19.0 Å². The molecule has 0 spiro atoms. The Morgan fingerprint density at radius 2 is 2.11 bits per heavy atom. The van der Waals surface area contributed by atoms with E-state index in [0.29, 0.717) is 31.6 Å². The van der Waals surface area contributed by atoms with Crippen LogP contribution >= 0.6 is 0 Å². The SMILES string of the molecule is COC[C@@H](C)Oc1nc(C(=O)NC[C@@H]2CCCO2)nc(N2CCC(C3=NCc4ncccc43)CC2)n1. The summed E-state index contributed by atoms with van der Waals surface area (Å²) < 4.78 is 16.6. The average molecular weight is 496 g/mol. The smallest absolute Gasteiger partial charge is 0.322 e. The van der Waals surface area contributed by atoms with Gasteiger partial charge in [-0.15, -0.1) is 0 Å². The number of nitrogens with one attached hydrogen (secondary N) is 1. The third kappa shape index (κ3) is 5.62. The Hall–Kier alpha value is -3.18. The molecule has 192 valence electrons. The molecule has 11 nitrogen and oxygen atoms in total. The number of pyridine rings is 1. The fraction of sp³-hybridized carbons (Fsp3) is 0.600. The highest BCUT2D eigenvalue weighted by Crippen LogP contribution is 2.29. The summed E-state index contributed by atoms with van der Waals surface area (Å²) in [4.78, 5) is 37.6. The van der Waals surface area contributed by atoms with E-state index in [1.165, 1.54) is 5.56 Å². The molecule has 2 aromatic rings. The number of piperidine rings is 1. The molecule has 2 aromatic heterocycles. The van der Waals surface area contributed by atoms with Gasteiger partial charge in [-0.1, -0.05) is 0 Å². The van der Waals surface area contributed by atoms with Crippen LogP contribution in [0.5, 0.6) is 6.01 Å². The molecule has 0 aromatic carbocycles. The van der Waals surface area contributed by atoms with Crippen LogP contribution in [0.15, 0.2) is 23.3 Å². The molecule has 0 bridgehead atoms. The van der Waals surface area contributed by atoms with E-state index in [-0.39, 0.29) is 29.9 Å². The van der Waals surface area contributed by atoms with Crippen LogP contribution < -0.4 is 15.0 Å². The largest absolute Gasteiger partial charge is 0.458 e. The maximum atomic E-state index is 12.9. The number of ether oxygens (including phenoxy) is 3. The minimum Gasteiger partial charge on any atom is -0.458 e. The molecule has 3 aliphatic rings. The number of hydrogen-bond acceptors (Lipinski definition) is 10. The molecule has 0 aliphatic carbocycles. The van der Waals surface area contributed by atoms with Gasteiger partial charge in [-0.2, -0.15) is 15.0 Å². The van der Waals surface area contributed by atoms with Crippen LogP contribution in [0.2, 0.25) is 0 Å². The third-order valence-electron chi connectivity index (χ3n) is 6.76. The lowest BCUT2D eigenvalue weighted by Crippen LogP contribution is -2.38. The van der Waals surface area contributed by atoms with E-state index < -0.39 is 0 Å². The van der Waals surface area contributed by atoms with Gasteiger partial charge >= 0.3 is 6.01 Å². The van der Waals surface area contributed by atoms with Gasteiger partial charge in [-0.25, -0.2) is 0 Å². The van der Waals surface area contributed by atoms with E-state index in [4.69, 9.17) is 19.2 Å². The highest BCUT2D eigenvalue weighted by Gasteiger charge is 2.30. The molecule has 11 heteroatoms. The molecular formula is C25H33N7O4. The average Bonchev–Trinajstić information content (AvgIpc) is 3.57. The second-order valence-electron chi connectivity index (χ2n) is 9.43. The number of carbonyl (C=O) groups excluding carboxylic acids is 1. The number of nitrogens with zero attached hydrogens (tertiary/aromatic N) is 6. The minimum atomic E-state index is -0.363. The molecule has 2 saturated heterocycles. The van der Waals surface area contributed by atoms with Crippen molar-refractivity contribution in [1.82, 2.24) is 25.3 Å². The van der Waals surface area contributed by atoms with Crippen molar-refractivity contribution in [2.75, 3.05) is 44.9 Å². The van der Waals surface area contributed by atoms with Gasteiger partial charge in [0.1, 0.15) is 6.10 Å². The summed E-state index contributed by atoms with van der Waals surface area (Å²) in [5, 5.41) is 2.89. The Labute approximate surface area is 210 Å². The first-order chi connectivity index (χ1) is 17.6. The van der Waals surface area contributed by atoms with Gasteiger partial charge in [-0.05, 0) is 44.7 Å². The van der Waals surface area contributed by atoms with Crippen molar-refractivity contribution in [2.24, 2.45) is 10.9 Å². The summed E-state index contributed by atoms with van der Waals surface area (Å²) in [5.74, 6) is 0.485. The zero-order chi connectivity index (χ0) is 24.9. The third-order valence-corrected chi connectivity index (χ3v) is 6.76. The van der Waals surface area contributed by atoms with Crippen LogP contribution in [-0.2, 0) is 16.0 Å². The lowest BCUT2D eigenvalue weighted by atomic mass is 9.88. The summed E-state index contributed by atoms with van der Waals surface area (Å²) in [6.07, 6.45) is 5.36. The van der Waals surface area contributed by atoms with Crippen molar-refractivity contribution in [2.45, 2.75) is 51.4 Å². The maximum Gasteiger partial charge on any atom is 0.322 e. The number of rotatable bonds is 9. The lowest BCUT2D eigenvalue weighted by molar-refractivity contribution is 0.0815. The van der Waals surface area contributed by atoms with E-state index in [2.05, 4.69) is 36.2 Å². The first-order valence-electron chi connectivity index (χ1n) is 12.7. The molecule has 0 saturated carbocycles. The Morgan fingerprint density at radius 3 is 2.89 bits per heavy atom. The highest BCUT2D eigenvalue weighted by atomic mass is 16.5. The molecule has 0 radical (unpaired) electrons. The molecule has 36 heavy (non-hydrogen) atoms. The Morgan fingerprint density at radius 1 is 1.25 bits per heavy atom. The quantitative estimate of drug-likeness (QED) is 0.554. The van der Waals surface area contributed by atoms with Gasteiger partial charge in [0.15, 0.2) is 0 Å². The summed E-state index contributed by atoms with van der Waals surface area (Å²) in [7, 11) is 1.61. The number of fused-ring (bicyclic) bond motifs is 1. The van der Waals surface area contributed by atoms with E-state index in [1.54, 1.807) is 7.11 Å². The fourth-order valence-electron chi connectivity index (χ4n) is 4.93. The Kier molecular flexibility index (Phi) is 7.66. The molecule has 3 aliphatic heterocycles. The number of hydrogen-bond donors (Lipinski definition) is 1. The Bertz CT molecular complexity index is 1100. The van der Waals surface area contributed by atoms with Crippen LogP contribution in [0.25, 0.3) is 0 Å². The van der Waals surface area contributed by atoms with Gasteiger partial charge in [-0.3, -0.25) is 14.8 Å². The van der Waals surface area contributed by atoms with E-state index in [0.717, 1.165) is 56.8 Å². The lowest BCUT2D eigenvalue weighted by Gasteiger charge is -2.32. The van der Waals surface area contributed by atoms with Gasteiger partial charge in [0, 0.05) is 56.7 Å². The molecule has 1 N–H and O–H groups in total. The summed E-state index contributed by atoms with van der Waals surface area (Å²) in [5.41, 5.74) is 3.38. The van der Waals surface area contributed by atoms with Crippen molar-refractivity contribution in [3.8, 4) is 6.01 Å². The number of methoxy groups -OCH3 is 1. The van der Waals surface area contributed by atoms with Crippen molar-refractivity contribution >= 4 is 17.6 Å². The Balaban J connectivity index is 1.29. The van der Waals surface area contributed by atoms with Crippen molar-refractivity contribution in [1.29, 1.82) is 0 Å². The monoisotopic (exact) mass is 495 g/mol. The van der Waals surface area contributed by atoms with Gasteiger partial charge < -0.3 is 24.4 Å². The molecule has 2 atom stereocenters. The zero-order valence-electron chi connectivity index (χ0n) is 20.9. The second-order valence-corrected chi connectivity index (χ2v) is 9.43. The highest BCUT2D eigenvalue weighted by molar-refractivity contribution is 6.04. The standard InChI is InChI=1S/C25H33N7O4/c1-16(15-34-2)36-25-30-22(23(33)28-13-18-5-4-12-35-18)29-24(31-25)32-10-7-17(8-11-32)21-19-6-3-9-26-20(19)14-27-21/h3,6,9,16-18H,4-5,7-8,10-15H2,1-2H3,(H,28,33)/t16-,18+/m1/s1. The van der Waals surface area contributed by atoms with Crippen LogP contribution in [0.4, 0.5) is 5.95 Å². The summed E-state index contributed by atoms with van der Waals surface area (Å²) in [6, 6.07) is 4.20. The molecule has 0 unspecified atom stereocenters. The van der Waals surface area contributed by atoms with Crippen LogP contribution in [0, 0.1) is 5.92 Å². The molecule has 5 rings (SSSR count).